The van der Waals surface area contributed by atoms with Gasteiger partial charge in [0.15, 0.2) is 11.0 Å². The van der Waals surface area contributed by atoms with Crippen molar-refractivity contribution in [2.45, 2.75) is 32.3 Å². The summed E-state index contributed by atoms with van der Waals surface area (Å²) in [4.78, 5) is 25.5. The SMILES string of the molecule is CCc1cc(C(=O)OC)c(NC(=O)CSc2nnc(-c3ccc(OCC(C)C)cc3)n2C)s1. The Labute approximate surface area is 201 Å². The van der Waals surface area contributed by atoms with Crippen LogP contribution in [0, 0.1) is 5.92 Å². The minimum Gasteiger partial charge on any atom is -0.493 e. The van der Waals surface area contributed by atoms with Crippen molar-refractivity contribution in [3.63, 3.8) is 0 Å². The molecule has 0 aliphatic carbocycles. The maximum absolute atomic E-state index is 12.5. The first kappa shape index (κ1) is 24.8. The van der Waals surface area contributed by atoms with Gasteiger partial charge >= 0.3 is 5.97 Å². The number of hydrogen-bond acceptors (Lipinski definition) is 8. The second kappa shape index (κ2) is 11.3. The Morgan fingerprint density at radius 3 is 2.58 bits per heavy atom. The zero-order valence-corrected chi connectivity index (χ0v) is 21.0. The van der Waals surface area contributed by atoms with Crippen molar-refractivity contribution in [1.82, 2.24) is 14.8 Å². The largest absolute Gasteiger partial charge is 0.493 e. The molecule has 2 aromatic heterocycles. The number of esters is 1. The standard InChI is InChI=1S/C23H28N4O4S2/c1-6-17-11-18(22(29)30-5)21(33-17)24-19(28)13-32-23-26-25-20(27(23)4)15-7-9-16(10-8-15)31-12-14(2)3/h7-11,14H,6,12-13H2,1-5H3,(H,24,28). The molecule has 0 bridgehead atoms. The van der Waals surface area contributed by atoms with Crippen LogP contribution in [0.1, 0.15) is 36.0 Å². The zero-order chi connectivity index (χ0) is 24.0. The number of ether oxygens (including phenoxy) is 2. The van der Waals surface area contributed by atoms with E-state index in [9.17, 15) is 9.59 Å². The van der Waals surface area contributed by atoms with Gasteiger partial charge in [0, 0.05) is 17.5 Å². The van der Waals surface area contributed by atoms with Crippen molar-refractivity contribution in [1.29, 1.82) is 0 Å². The Morgan fingerprint density at radius 2 is 1.94 bits per heavy atom. The number of nitrogens with one attached hydrogen (secondary N) is 1. The molecule has 3 rings (SSSR count). The van der Waals surface area contributed by atoms with Gasteiger partial charge in [0.2, 0.25) is 5.91 Å². The number of carbonyl (C=O) groups is 2. The first-order valence-electron chi connectivity index (χ1n) is 10.6. The molecule has 8 nitrogen and oxygen atoms in total. The molecular formula is C23H28N4O4S2. The van der Waals surface area contributed by atoms with Gasteiger partial charge in [0.25, 0.3) is 0 Å². The summed E-state index contributed by atoms with van der Waals surface area (Å²) in [5.41, 5.74) is 1.28. The number of thioether (sulfide) groups is 1. The molecule has 0 saturated heterocycles. The lowest BCUT2D eigenvalue weighted by atomic mass is 10.2. The fourth-order valence-electron chi connectivity index (χ4n) is 2.92. The summed E-state index contributed by atoms with van der Waals surface area (Å²) in [5, 5.41) is 12.4. The molecule has 10 heteroatoms. The molecule has 0 aliphatic heterocycles. The van der Waals surface area contributed by atoms with Crippen molar-refractivity contribution in [2.24, 2.45) is 13.0 Å². The van der Waals surface area contributed by atoms with Gasteiger partial charge in [-0.25, -0.2) is 4.79 Å². The molecule has 0 atom stereocenters. The van der Waals surface area contributed by atoms with Crippen molar-refractivity contribution in [3.8, 4) is 17.1 Å². The quantitative estimate of drug-likeness (QED) is 0.328. The Bertz CT molecular complexity index is 1110. The number of thiophene rings is 1. The van der Waals surface area contributed by atoms with Gasteiger partial charge in [-0.3, -0.25) is 4.79 Å². The lowest BCUT2D eigenvalue weighted by molar-refractivity contribution is -0.113. The van der Waals surface area contributed by atoms with E-state index in [0.717, 1.165) is 22.6 Å². The van der Waals surface area contributed by atoms with Crippen LogP contribution in [-0.4, -0.2) is 46.1 Å². The van der Waals surface area contributed by atoms with Crippen molar-refractivity contribution < 1.29 is 19.1 Å². The van der Waals surface area contributed by atoms with Crippen LogP contribution in [-0.2, 0) is 23.0 Å². The van der Waals surface area contributed by atoms with E-state index in [2.05, 4.69) is 29.4 Å². The van der Waals surface area contributed by atoms with Crippen LogP contribution in [0.5, 0.6) is 5.75 Å². The van der Waals surface area contributed by atoms with Gasteiger partial charge in [0.1, 0.15) is 10.8 Å². The molecule has 1 aromatic carbocycles. The highest BCUT2D eigenvalue weighted by atomic mass is 32.2. The molecule has 0 aliphatic rings. The lowest BCUT2D eigenvalue weighted by Gasteiger charge is -2.09. The van der Waals surface area contributed by atoms with E-state index >= 15 is 0 Å². The van der Waals surface area contributed by atoms with Crippen LogP contribution >= 0.6 is 23.1 Å². The average molecular weight is 489 g/mol. The van der Waals surface area contributed by atoms with Gasteiger partial charge in [-0.15, -0.1) is 21.5 Å². The van der Waals surface area contributed by atoms with Crippen LogP contribution in [0.15, 0.2) is 35.5 Å². The second-order valence-electron chi connectivity index (χ2n) is 7.73. The van der Waals surface area contributed by atoms with Crippen LogP contribution < -0.4 is 10.1 Å². The Morgan fingerprint density at radius 1 is 1.21 bits per heavy atom. The van der Waals surface area contributed by atoms with Gasteiger partial charge in [0.05, 0.1) is 25.0 Å². The van der Waals surface area contributed by atoms with E-state index in [1.807, 2.05) is 42.8 Å². The summed E-state index contributed by atoms with van der Waals surface area (Å²) < 4.78 is 12.4. The van der Waals surface area contributed by atoms with Gasteiger partial charge < -0.3 is 19.4 Å². The van der Waals surface area contributed by atoms with Crippen LogP contribution in [0.2, 0.25) is 0 Å². The molecule has 1 N–H and O–H groups in total. The summed E-state index contributed by atoms with van der Waals surface area (Å²) in [6, 6.07) is 9.47. The highest BCUT2D eigenvalue weighted by molar-refractivity contribution is 7.99. The lowest BCUT2D eigenvalue weighted by Crippen LogP contribution is -2.16. The Hall–Kier alpha value is -2.85. The Balaban J connectivity index is 1.62. The zero-order valence-electron chi connectivity index (χ0n) is 19.4. The molecule has 33 heavy (non-hydrogen) atoms. The molecule has 0 radical (unpaired) electrons. The molecule has 0 saturated carbocycles. The van der Waals surface area contributed by atoms with Crippen molar-refractivity contribution in [3.05, 3.63) is 40.8 Å². The highest BCUT2D eigenvalue weighted by Gasteiger charge is 2.19. The van der Waals surface area contributed by atoms with E-state index in [-0.39, 0.29) is 11.7 Å². The predicted molar refractivity (Wildman–Crippen MR) is 131 cm³/mol. The third-order valence-electron chi connectivity index (χ3n) is 4.65. The van der Waals surface area contributed by atoms with E-state index in [1.165, 1.54) is 30.2 Å². The normalized spacial score (nSPS) is 11.0. The predicted octanol–water partition coefficient (Wildman–Crippen LogP) is 4.66. The van der Waals surface area contributed by atoms with Crippen molar-refractivity contribution in [2.75, 3.05) is 24.8 Å². The first-order chi connectivity index (χ1) is 15.8. The van der Waals surface area contributed by atoms with E-state index in [4.69, 9.17) is 9.47 Å². The summed E-state index contributed by atoms with van der Waals surface area (Å²) in [6.07, 6.45) is 0.770. The topological polar surface area (TPSA) is 95.3 Å². The molecule has 3 aromatic rings. The summed E-state index contributed by atoms with van der Waals surface area (Å²) >= 11 is 2.66. The molecule has 0 fully saturated rings. The summed E-state index contributed by atoms with van der Waals surface area (Å²) in [7, 11) is 3.19. The fourth-order valence-corrected chi connectivity index (χ4v) is 4.63. The second-order valence-corrected chi connectivity index (χ2v) is 9.81. The average Bonchev–Trinajstić information content (AvgIpc) is 3.39. The van der Waals surface area contributed by atoms with Gasteiger partial charge in [-0.2, -0.15) is 0 Å². The number of methoxy groups -OCH3 is 1. The molecule has 0 unspecified atom stereocenters. The van der Waals surface area contributed by atoms with Crippen molar-refractivity contribution >= 4 is 40.0 Å². The number of aryl methyl sites for hydroxylation is 1. The number of hydrogen-bond donors (Lipinski definition) is 1. The maximum Gasteiger partial charge on any atom is 0.340 e. The van der Waals surface area contributed by atoms with Gasteiger partial charge in [-0.05, 0) is 42.7 Å². The third-order valence-corrected chi connectivity index (χ3v) is 6.87. The minimum absolute atomic E-state index is 0.133. The van der Waals surface area contributed by atoms with Crippen LogP contribution in [0.3, 0.4) is 0 Å². The number of carbonyl (C=O) groups excluding carboxylic acids is 2. The third kappa shape index (κ3) is 6.35. The smallest absolute Gasteiger partial charge is 0.340 e. The van der Waals surface area contributed by atoms with Crippen LogP contribution in [0.4, 0.5) is 5.00 Å². The first-order valence-corrected chi connectivity index (χ1v) is 12.4. The number of aromatic nitrogens is 3. The molecule has 0 spiro atoms. The summed E-state index contributed by atoms with van der Waals surface area (Å²) in [6.45, 7) is 6.87. The minimum atomic E-state index is -0.465. The summed E-state index contributed by atoms with van der Waals surface area (Å²) in [5.74, 6) is 1.41. The number of nitrogens with zero attached hydrogens (tertiary/aromatic N) is 3. The van der Waals surface area contributed by atoms with Crippen LogP contribution in [0.25, 0.3) is 11.4 Å². The Kier molecular flexibility index (Phi) is 8.51. The maximum atomic E-state index is 12.5. The van der Waals surface area contributed by atoms with E-state index in [1.54, 1.807) is 6.07 Å². The molecule has 2 heterocycles. The monoisotopic (exact) mass is 488 g/mol. The fraction of sp³-hybridized carbons (Fsp3) is 0.391. The molecule has 1 amide bonds. The number of anilines is 1. The van der Waals surface area contributed by atoms with E-state index in [0.29, 0.717) is 34.1 Å². The number of benzene rings is 1. The highest BCUT2D eigenvalue weighted by Crippen LogP contribution is 2.30. The number of amides is 1. The van der Waals surface area contributed by atoms with E-state index < -0.39 is 5.97 Å². The molecule has 176 valence electrons. The molecular weight excluding hydrogens is 460 g/mol. The van der Waals surface area contributed by atoms with Gasteiger partial charge in [-0.1, -0.05) is 32.5 Å². The number of rotatable bonds is 10.